The second-order valence-electron chi connectivity index (χ2n) is 4.93. The van der Waals surface area contributed by atoms with Gasteiger partial charge in [-0.2, -0.15) is 0 Å². The molecule has 2 atom stereocenters. The van der Waals surface area contributed by atoms with Crippen molar-refractivity contribution in [3.63, 3.8) is 0 Å². The molecule has 0 aliphatic carbocycles. The predicted octanol–water partition coefficient (Wildman–Crippen LogP) is 1.82. The molecule has 0 spiro atoms. The molecule has 1 N–H and O–H groups in total. The Kier molecular flexibility index (Phi) is 5.03. The maximum atomic E-state index is 5.78. The summed E-state index contributed by atoms with van der Waals surface area (Å²) >= 11 is 0. The molecule has 1 fully saturated rings. The van der Waals surface area contributed by atoms with E-state index in [9.17, 15) is 0 Å². The summed E-state index contributed by atoms with van der Waals surface area (Å²) in [6.45, 7) is 9.40. The van der Waals surface area contributed by atoms with Crippen LogP contribution in [0.2, 0.25) is 0 Å². The van der Waals surface area contributed by atoms with Gasteiger partial charge in [-0.25, -0.2) is 0 Å². The molecule has 0 aromatic heterocycles. The molecule has 15 heavy (non-hydrogen) atoms. The summed E-state index contributed by atoms with van der Waals surface area (Å²) in [6.07, 6.45) is 2.52. The molecule has 0 saturated carbocycles. The van der Waals surface area contributed by atoms with E-state index in [1.54, 1.807) is 7.11 Å². The van der Waals surface area contributed by atoms with Crippen LogP contribution in [-0.4, -0.2) is 38.5 Å². The predicted molar refractivity (Wildman–Crippen MR) is 62.1 cm³/mol. The van der Waals surface area contributed by atoms with E-state index in [-0.39, 0.29) is 5.60 Å². The van der Waals surface area contributed by atoms with Crippen LogP contribution in [0.25, 0.3) is 0 Å². The maximum Gasteiger partial charge on any atom is 0.0647 e. The second-order valence-corrected chi connectivity index (χ2v) is 4.93. The first-order valence-electron chi connectivity index (χ1n) is 5.96. The lowest BCUT2D eigenvalue weighted by molar-refractivity contribution is -0.0347. The van der Waals surface area contributed by atoms with Crippen LogP contribution in [0, 0.1) is 5.92 Å². The lowest BCUT2D eigenvalue weighted by atomic mass is 9.91. The third-order valence-corrected chi connectivity index (χ3v) is 3.25. The van der Waals surface area contributed by atoms with E-state index in [1.807, 2.05) is 0 Å². The first-order valence-corrected chi connectivity index (χ1v) is 5.96. The van der Waals surface area contributed by atoms with Crippen molar-refractivity contribution in [1.82, 2.24) is 5.32 Å². The van der Waals surface area contributed by atoms with Crippen molar-refractivity contribution >= 4 is 0 Å². The SMILES string of the molecule is CCNCC1CCOC1CC(C)(C)OC. The highest BCUT2D eigenvalue weighted by atomic mass is 16.5. The summed E-state index contributed by atoms with van der Waals surface area (Å²) in [5.74, 6) is 0.652. The number of hydrogen-bond donors (Lipinski definition) is 1. The van der Waals surface area contributed by atoms with Crippen molar-refractivity contribution in [3.8, 4) is 0 Å². The van der Waals surface area contributed by atoms with E-state index in [4.69, 9.17) is 9.47 Å². The minimum absolute atomic E-state index is 0.0700. The number of hydrogen-bond acceptors (Lipinski definition) is 3. The largest absolute Gasteiger partial charge is 0.379 e. The topological polar surface area (TPSA) is 30.5 Å². The molecule has 0 aromatic carbocycles. The Morgan fingerprint density at radius 1 is 1.47 bits per heavy atom. The summed E-state index contributed by atoms with van der Waals surface area (Å²) in [6, 6.07) is 0. The minimum atomic E-state index is -0.0700. The second kappa shape index (κ2) is 5.83. The van der Waals surface area contributed by atoms with Crippen LogP contribution in [0.3, 0.4) is 0 Å². The van der Waals surface area contributed by atoms with E-state index < -0.39 is 0 Å². The third-order valence-electron chi connectivity index (χ3n) is 3.25. The fourth-order valence-corrected chi connectivity index (χ4v) is 2.05. The number of ether oxygens (including phenoxy) is 2. The van der Waals surface area contributed by atoms with Crippen LogP contribution in [-0.2, 0) is 9.47 Å². The Labute approximate surface area is 93.5 Å². The van der Waals surface area contributed by atoms with E-state index in [2.05, 4.69) is 26.1 Å². The van der Waals surface area contributed by atoms with Gasteiger partial charge in [0.2, 0.25) is 0 Å². The smallest absolute Gasteiger partial charge is 0.0647 e. The molecule has 1 aliphatic rings. The van der Waals surface area contributed by atoms with Gasteiger partial charge in [0.15, 0.2) is 0 Å². The average Bonchev–Trinajstić information content (AvgIpc) is 2.62. The summed E-state index contributed by atoms with van der Waals surface area (Å²) < 4.78 is 11.2. The van der Waals surface area contributed by atoms with Gasteiger partial charge in [-0.05, 0) is 32.7 Å². The fourth-order valence-electron chi connectivity index (χ4n) is 2.05. The monoisotopic (exact) mass is 215 g/mol. The Balaban J connectivity index is 2.39. The number of methoxy groups -OCH3 is 1. The number of rotatable bonds is 6. The Morgan fingerprint density at radius 3 is 2.80 bits per heavy atom. The van der Waals surface area contributed by atoms with Crippen molar-refractivity contribution in [3.05, 3.63) is 0 Å². The fraction of sp³-hybridized carbons (Fsp3) is 1.00. The van der Waals surface area contributed by atoms with E-state index >= 15 is 0 Å². The van der Waals surface area contributed by atoms with Gasteiger partial charge in [-0.3, -0.25) is 0 Å². The van der Waals surface area contributed by atoms with Gasteiger partial charge in [0, 0.05) is 26.7 Å². The standard InChI is InChI=1S/C12H25NO2/c1-5-13-9-10-6-7-15-11(10)8-12(2,3)14-4/h10-11,13H,5-9H2,1-4H3. The van der Waals surface area contributed by atoms with Gasteiger partial charge in [-0.15, -0.1) is 0 Å². The number of nitrogens with one attached hydrogen (secondary N) is 1. The lowest BCUT2D eigenvalue weighted by Gasteiger charge is -2.29. The Hall–Kier alpha value is -0.120. The zero-order valence-electron chi connectivity index (χ0n) is 10.5. The molecular formula is C12H25NO2. The van der Waals surface area contributed by atoms with Gasteiger partial charge in [0.1, 0.15) is 0 Å². The molecule has 3 heteroatoms. The van der Waals surface area contributed by atoms with Crippen molar-refractivity contribution < 1.29 is 9.47 Å². The third kappa shape index (κ3) is 4.09. The summed E-state index contributed by atoms with van der Waals surface area (Å²) in [5.41, 5.74) is -0.0700. The molecule has 3 nitrogen and oxygen atoms in total. The molecule has 1 rings (SSSR count). The van der Waals surface area contributed by atoms with Crippen molar-refractivity contribution in [2.45, 2.75) is 45.3 Å². The maximum absolute atomic E-state index is 5.78. The molecule has 0 bridgehead atoms. The zero-order chi connectivity index (χ0) is 11.3. The van der Waals surface area contributed by atoms with Gasteiger partial charge in [0.05, 0.1) is 11.7 Å². The van der Waals surface area contributed by atoms with Crippen LogP contribution in [0.5, 0.6) is 0 Å². The van der Waals surface area contributed by atoms with Gasteiger partial charge >= 0.3 is 0 Å². The van der Waals surface area contributed by atoms with Gasteiger partial charge in [-0.1, -0.05) is 6.92 Å². The first kappa shape index (κ1) is 12.9. The van der Waals surface area contributed by atoms with Crippen molar-refractivity contribution in [2.75, 3.05) is 26.8 Å². The van der Waals surface area contributed by atoms with Crippen LogP contribution < -0.4 is 5.32 Å². The van der Waals surface area contributed by atoms with E-state index in [1.165, 1.54) is 6.42 Å². The van der Waals surface area contributed by atoms with Crippen LogP contribution >= 0.6 is 0 Å². The highest BCUT2D eigenvalue weighted by Crippen LogP contribution is 2.28. The van der Waals surface area contributed by atoms with Crippen LogP contribution in [0.1, 0.15) is 33.6 Å². The summed E-state index contributed by atoms with van der Waals surface area (Å²) in [7, 11) is 1.77. The highest BCUT2D eigenvalue weighted by molar-refractivity contribution is 4.84. The quantitative estimate of drug-likeness (QED) is 0.733. The molecule has 2 unspecified atom stereocenters. The van der Waals surface area contributed by atoms with Crippen molar-refractivity contribution in [2.24, 2.45) is 5.92 Å². The molecule has 0 aromatic rings. The molecule has 1 saturated heterocycles. The summed E-state index contributed by atoms with van der Waals surface area (Å²) in [5, 5.41) is 3.40. The molecule has 1 aliphatic heterocycles. The zero-order valence-corrected chi connectivity index (χ0v) is 10.5. The van der Waals surface area contributed by atoms with Crippen LogP contribution in [0.15, 0.2) is 0 Å². The average molecular weight is 215 g/mol. The van der Waals surface area contributed by atoms with E-state index in [0.29, 0.717) is 12.0 Å². The summed E-state index contributed by atoms with van der Waals surface area (Å²) in [4.78, 5) is 0. The Bertz CT molecular complexity index is 182. The first-order chi connectivity index (χ1) is 7.09. The van der Waals surface area contributed by atoms with Crippen LogP contribution in [0.4, 0.5) is 0 Å². The van der Waals surface area contributed by atoms with E-state index in [0.717, 1.165) is 26.1 Å². The molecule has 90 valence electrons. The highest BCUT2D eigenvalue weighted by Gasteiger charge is 2.33. The Morgan fingerprint density at radius 2 is 2.20 bits per heavy atom. The molecular weight excluding hydrogens is 190 g/mol. The molecule has 1 heterocycles. The van der Waals surface area contributed by atoms with Crippen molar-refractivity contribution in [1.29, 1.82) is 0 Å². The molecule has 0 radical (unpaired) electrons. The van der Waals surface area contributed by atoms with Gasteiger partial charge < -0.3 is 14.8 Å². The normalized spacial score (nSPS) is 27.2. The van der Waals surface area contributed by atoms with Gasteiger partial charge in [0.25, 0.3) is 0 Å². The molecule has 0 amide bonds. The lowest BCUT2D eigenvalue weighted by Crippen LogP contribution is -2.35. The minimum Gasteiger partial charge on any atom is -0.379 e.